The van der Waals surface area contributed by atoms with Gasteiger partial charge in [-0.25, -0.2) is 0 Å². The molecule has 0 fully saturated rings. The van der Waals surface area contributed by atoms with Crippen LogP contribution in [0.5, 0.6) is 0 Å². The SMILES string of the molecule is CC(CSC#N)Cc1cccs1. The van der Waals surface area contributed by atoms with Crippen LogP contribution in [0.4, 0.5) is 0 Å². The Kier molecular flexibility index (Phi) is 4.20. The van der Waals surface area contributed by atoms with E-state index in [0.29, 0.717) is 5.92 Å². The van der Waals surface area contributed by atoms with Gasteiger partial charge in [0.15, 0.2) is 0 Å². The molecule has 0 radical (unpaired) electrons. The summed E-state index contributed by atoms with van der Waals surface area (Å²) >= 11 is 3.14. The van der Waals surface area contributed by atoms with Crippen LogP contribution in [0.1, 0.15) is 11.8 Å². The molecule has 0 N–H and O–H groups in total. The summed E-state index contributed by atoms with van der Waals surface area (Å²) < 4.78 is 0. The first-order chi connectivity index (χ1) is 5.83. The number of thioether (sulfide) groups is 1. The van der Waals surface area contributed by atoms with Crippen molar-refractivity contribution >= 4 is 23.1 Å². The molecule has 0 aliphatic rings. The third-order valence-corrected chi connectivity index (χ3v) is 3.33. The van der Waals surface area contributed by atoms with E-state index < -0.39 is 0 Å². The Bertz CT molecular complexity index is 248. The molecule has 1 unspecified atom stereocenters. The van der Waals surface area contributed by atoms with Gasteiger partial charge in [-0.15, -0.1) is 11.3 Å². The largest absolute Gasteiger partial charge is 0.185 e. The number of thiocyanates is 1. The molecule has 0 aliphatic heterocycles. The van der Waals surface area contributed by atoms with Crippen LogP contribution in [0.2, 0.25) is 0 Å². The quantitative estimate of drug-likeness (QED) is 0.692. The summed E-state index contributed by atoms with van der Waals surface area (Å²) in [5.41, 5.74) is 0. The fourth-order valence-electron chi connectivity index (χ4n) is 1.01. The average Bonchev–Trinajstić information content (AvgIpc) is 2.53. The number of nitriles is 1. The Hall–Kier alpha value is -0.460. The molecule has 0 bridgehead atoms. The number of rotatable bonds is 4. The Morgan fingerprint density at radius 3 is 3.17 bits per heavy atom. The smallest absolute Gasteiger partial charge is 0.133 e. The standard InChI is InChI=1S/C9H11NS2/c1-8(6-11-7-10)5-9-3-2-4-12-9/h2-4,8H,5-6H2,1H3. The first-order valence-corrected chi connectivity index (χ1v) is 5.72. The summed E-state index contributed by atoms with van der Waals surface area (Å²) in [6, 6.07) is 4.22. The van der Waals surface area contributed by atoms with Gasteiger partial charge in [-0.2, -0.15) is 5.26 Å². The maximum Gasteiger partial charge on any atom is 0.133 e. The molecule has 1 atom stereocenters. The van der Waals surface area contributed by atoms with E-state index in [1.54, 1.807) is 11.3 Å². The van der Waals surface area contributed by atoms with E-state index in [2.05, 4.69) is 29.8 Å². The first kappa shape index (κ1) is 9.63. The van der Waals surface area contributed by atoms with Crippen LogP contribution in [0.15, 0.2) is 17.5 Å². The lowest BCUT2D eigenvalue weighted by atomic mass is 10.1. The molecule has 0 saturated carbocycles. The fourth-order valence-corrected chi connectivity index (χ4v) is 2.36. The zero-order valence-corrected chi connectivity index (χ0v) is 8.62. The maximum atomic E-state index is 8.36. The highest BCUT2D eigenvalue weighted by atomic mass is 32.2. The molecule has 0 saturated heterocycles. The van der Waals surface area contributed by atoms with Crippen molar-refractivity contribution in [1.82, 2.24) is 0 Å². The molecule has 1 heterocycles. The molecule has 0 amide bonds. The van der Waals surface area contributed by atoms with Gasteiger partial charge in [0.25, 0.3) is 0 Å². The van der Waals surface area contributed by atoms with Gasteiger partial charge in [-0.1, -0.05) is 13.0 Å². The molecule has 1 aromatic heterocycles. The van der Waals surface area contributed by atoms with Gasteiger partial charge >= 0.3 is 0 Å². The predicted octanol–water partition coefficient (Wildman–Crippen LogP) is 3.14. The van der Waals surface area contributed by atoms with Crippen LogP contribution in [0, 0.1) is 16.6 Å². The molecule has 3 heteroatoms. The molecule has 1 aromatic rings. The minimum atomic E-state index is 0.605. The minimum Gasteiger partial charge on any atom is -0.185 e. The zero-order valence-electron chi connectivity index (χ0n) is 6.99. The van der Waals surface area contributed by atoms with Gasteiger partial charge in [-0.3, -0.25) is 0 Å². The second kappa shape index (κ2) is 5.23. The lowest BCUT2D eigenvalue weighted by Gasteiger charge is -2.05. The van der Waals surface area contributed by atoms with E-state index in [1.165, 1.54) is 16.6 Å². The van der Waals surface area contributed by atoms with Crippen LogP contribution in [0.3, 0.4) is 0 Å². The van der Waals surface area contributed by atoms with E-state index in [4.69, 9.17) is 5.26 Å². The molecule has 1 nitrogen and oxygen atoms in total. The van der Waals surface area contributed by atoms with Crippen molar-refractivity contribution in [1.29, 1.82) is 5.26 Å². The van der Waals surface area contributed by atoms with Crippen LogP contribution in [-0.2, 0) is 6.42 Å². The van der Waals surface area contributed by atoms with Crippen molar-refractivity contribution < 1.29 is 0 Å². The monoisotopic (exact) mass is 197 g/mol. The molecule has 0 spiro atoms. The van der Waals surface area contributed by atoms with Crippen LogP contribution in [0.25, 0.3) is 0 Å². The van der Waals surface area contributed by atoms with Crippen molar-refractivity contribution in [3.05, 3.63) is 22.4 Å². The summed E-state index contributed by atoms with van der Waals surface area (Å²) in [6.45, 7) is 2.18. The van der Waals surface area contributed by atoms with E-state index in [0.717, 1.165) is 12.2 Å². The normalized spacial score (nSPS) is 12.3. The summed E-state index contributed by atoms with van der Waals surface area (Å²) in [5, 5.41) is 12.6. The molecule has 0 aromatic carbocycles. The molecule has 1 rings (SSSR count). The molecular formula is C9H11NS2. The van der Waals surface area contributed by atoms with Gasteiger partial charge in [-0.05, 0) is 35.5 Å². The van der Waals surface area contributed by atoms with Crippen molar-refractivity contribution in [2.24, 2.45) is 5.92 Å². The molecule has 0 aliphatic carbocycles. The fraction of sp³-hybridized carbons (Fsp3) is 0.444. The highest BCUT2D eigenvalue weighted by molar-refractivity contribution is 8.03. The van der Waals surface area contributed by atoms with Crippen molar-refractivity contribution in [3.8, 4) is 5.40 Å². The van der Waals surface area contributed by atoms with Crippen LogP contribution < -0.4 is 0 Å². The van der Waals surface area contributed by atoms with Gasteiger partial charge in [0.05, 0.1) is 0 Å². The predicted molar refractivity (Wildman–Crippen MR) is 55.3 cm³/mol. The van der Waals surface area contributed by atoms with Crippen LogP contribution >= 0.6 is 23.1 Å². The van der Waals surface area contributed by atoms with E-state index in [9.17, 15) is 0 Å². The molecule has 12 heavy (non-hydrogen) atoms. The zero-order chi connectivity index (χ0) is 8.81. The summed E-state index contributed by atoms with van der Waals surface area (Å²) in [7, 11) is 0. The Labute approximate surface area is 81.4 Å². The van der Waals surface area contributed by atoms with Crippen molar-refractivity contribution in [2.75, 3.05) is 5.75 Å². The lowest BCUT2D eigenvalue weighted by molar-refractivity contribution is 0.667. The highest BCUT2D eigenvalue weighted by Crippen LogP contribution is 2.16. The Morgan fingerprint density at radius 1 is 1.75 bits per heavy atom. The van der Waals surface area contributed by atoms with Crippen LogP contribution in [-0.4, -0.2) is 5.75 Å². The van der Waals surface area contributed by atoms with Gasteiger partial charge < -0.3 is 0 Å². The number of hydrogen-bond donors (Lipinski definition) is 0. The number of nitrogens with zero attached hydrogens (tertiary/aromatic N) is 1. The second-order valence-corrected chi connectivity index (χ2v) is 4.63. The van der Waals surface area contributed by atoms with Crippen molar-refractivity contribution in [3.63, 3.8) is 0 Å². The van der Waals surface area contributed by atoms with E-state index in [-0.39, 0.29) is 0 Å². The summed E-state index contributed by atoms with van der Waals surface area (Å²) in [5.74, 6) is 1.54. The second-order valence-electron chi connectivity index (χ2n) is 2.79. The first-order valence-electron chi connectivity index (χ1n) is 3.86. The Morgan fingerprint density at radius 2 is 2.58 bits per heavy atom. The van der Waals surface area contributed by atoms with Gasteiger partial charge in [0, 0.05) is 10.6 Å². The third-order valence-electron chi connectivity index (χ3n) is 1.56. The van der Waals surface area contributed by atoms with Crippen molar-refractivity contribution in [2.45, 2.75) is 13.3 Å². The lowest BCUT2D eigenvalue weighted by Crippen LogP contribution is -2.00. The highest BCUT2D eigenvalue weighted by Gasteiger charge is 2.03. The van der Waals surface area contributed by atoms with Gasteiger partial charge in [0.2, 0.25) is 0 Å². The minimum absolute atomic E-state index is 0.605. The summed E-state index contributed by atoms with van der Waals surface area (Å²) in [4.78, 5) is 1.42. The number of thiophene rings is 1. The third kappa shape index (κ3) is 3.29. The Balaban J connectivity index is 2.28. The maximum absolute atomic E-state index is 8.36. The number of hydrogen-bond acceptors (Lipinski definition) is 3. The van der Waals surface area contributed by atoms with E-state index in [1.807, 2.05) is 0 Å². The topological polar surface area (TPSA) is 23.8 Å². The average molecular weight is 197 g/mol. The summed E-state index contributed by atoms with van der Waals surface area (Å²) in [6.07, 6.45) is 1.10. The molecule has 64 valence electrons. The van der Waals surface area contributed by atoms with Gasteiger partial charge in [0.1, 0.15) is 5.40 Å². The van der Waals surface area contributed by atoms with E-state index >= 15 is 0 Å². The molecular weight excluding hydrogens is 186 g/mol.